The number of piperidine rings is 1. The molecule has 2 heteroatoms. The minimum atomic E-state index is 0.291. The number of nitrogens with zero attached hydrogens (tertiary/aromatic N) is 1. The fourth-order valence-electron chi connectivity index (χ4n) is 3.54. The first-order chi connectivity index (χ1) is 7.62. The number of likely N-dealkylation sites (tertiary alicyclic amines) is 1. The molecule has 0 amide bonds. The summed E-state index contributed by atoms with van der Waals surface area (Å²) >= 11 is 0. The largest absolute Gasteiger partial charge is 0.330 e. The molecular weight excluding hydrogens is 196 g/mol. The molecule has 2 unspecified atom stereocenters. The van der Waals surface area contributed by atoms with Crippen LogP contribution in [0.25, 0.3) is 0 Å². The molecule has 2 N–H and O–H groups in total. The van der Waals surface area contributed by atoms with Crippen LogP contribution in [-0.2, 0) is 0 Å². The van der Waals surface area contributed by atoms with Crippen molar-refractivity contribution in [1.29, 1.82) is 0 Å². The van der Waals surface area contributed by atoms with Crippen LogP contribution >= 0.6 is 0 Å². The van der Waals surface area contributed by atoms with Crippen LogP contribution in [0.1, 0.15) is 52.4 Å². The number of fused-ring (bicyclic) bond motifs is 1. The van der Waals surface area contributed by atoms with Crippen molar-refractivity contribution >= 4 is 0 Å². The van der Waals surface area contributed by atoms with Gasteiger partial charge in [0.2, 0.25) is 0 Å². The Bertz CT molecular complexity index is 223. The summed E-state index contributed by atoms with van der Waals surface area (Å²) in [6, 6.07) is 0.883. The van der Waals surface area contributed by atoms with Gasteiger partial charge in [-0.1, -0.05) is 26.7 Å². The van der Waals surface area contributed by atoms with Gasteiger partial charge in [-0.2, -0.15) is 0 Å². The molecule has 0 aromatic carbocycles. The van der Waals surface area contributed by atoms with Crippen LogP contribution in [0.5, 0.6) is 0 Å². The van der Waals surface area contributed by atoms with Crippen LogP contribution in [0, 0.1) is 11.3 Å². The van der Waals surface area contributed by atoms with Gasteiger partial charge in [0.05, 0.1) is 0 Å². The number of nitrogens with two attached hydrogens (primary N) is 1. The third-order valence-electron chi connectivity index (χ3n) is 4.54. The van der Waals surface area contributed by atoms with Crippen molar-refractivity contribution in [2.24, 2.45) is 17.1 Å². The number of hydrogen-bond acceptors (Lipinski definition) is 2. The van der Waals surface area contributed by atoms with Crippen LogP contribution in [0.3, 0.4) is 0 Å². The Hall–Kier alpha value is -0.0800. The van der Waals surface area contributed by atoms with E-state index in [2.05, 4.69) is 18.7 Å². The van der Waals surface area contributed by atoms with Crippen molar-refractivity contribution in [3.05, 3.63) is 0 Å². The van der Waals surface area contributed by atoms with E-state index in [1.165, 1.54) is 51.6 Å². The minimum Gasteiger partial charge on any atom is -0.330 e. The van der Waals surface area contributed by atoms with E-state index in [0.29, 0.717) is 5.41 Å². The van der Waals surface area contributed by atoms with Gasteiger partial charge in [0.1, 0.15) is 0 Å². The highest BCUT2D eigenvalue weighted by atomic mass is 15.2. The maximum absolute atomic E-state index is 5.86. The normalized spacial score (nSPS) is 32.4. The highest BCUT2D eigenvalue weighted by molar-refractivity contribution is 4.89. The highest BCUT2D eigenvalue weighted by Crippen LogP contribution is 2.36. The Morgan fingerprint density at radius 1 is 1.12 bits per heavy atom. The second-order valence-corrected chi connectivity index (χ2v) is 6.59. The maximum atomic E-state index is 5.86. The predicted octanol–water partition coefficient (Wildman–Crippen LogP) is 2.63. The SMILES string of the molecule is CC(C)(CN)CN1CCCC2CCCCC21. The molecule has 2 atom stereocenters. The molecule has 0 spiro atoms. The Morgan fingerprint density at radius 3 is 2.56 bits per heavy atom. The summed E-state index contributed by atoms with van der Waals surface area (Å²) in [5.41, 5.74) is 6.16. The molecular formula is C14H28N2. The van der Waals surface area contributed by atoms with Gasteiger partial charge in [-0.15, -0.1) is 0 Å². The van der Waals surface area contributed by atoms with E-state index < -0.39 is 0 Å². The van der Waals surface area contributed by atoms with Crippen LogP contribution < -0.4 is 5.73 Å². The van der Waals surface area contributed by atoms with Gasteiger partial charge < -0.3 is 5.73 Å². The van der Waals surface area contributed by atoms with Crippen LogP contribution in [0.4, 0.5) is 0 Å². The molecule has 16 heavy (non-hydrogen) atoms. The number of rotatable bonds is 3. The van der Waals surface area contributed by atoms with Crippen molar-refractivity contribution in [3.8, 4) is 0 Å². The summed E-state index contributed by atoms with van der Waals surface area (Å²) in [6.07, 6.45) is 8.71. The van der Waals surface area contributed by atoms with Crippen molar-refractivity contribution in [2.45, 2.75) is 58.4 Å². The lowest BCUT2D eigenvalue weighted by Gasteiger charge is -2.46. The first-order valence-corrected chi connectivity index (χ1v) is 7.06. The number of hydrogen-bond donors (Lipinski definition) is 1. The van der Waals surface area contributed by atoms with Gasteiger partial charge in [-0.3, -0.25) is 4.90 Å². The van der Waals surface area contributed by atoms with E-state index in [-0.39, 0.29) is 0 Å². The minimum absolute atomic E-state index is 0.291. The van der Waals surface area contributed by atoms with Gasteiger partial charge in [0.15, 0.2) is 0 Å². The molecule has 2 fully saturated rings. The molecule has 1 aliphatic heterocycles. The van der Waals surface area contributed by atoms with Crippen molar-refractivity contribution in [2.75, 3.05) is 19.6 Å². The summed E-state index contributed by atoms with van der Waals surface area (Å²) in [4.78, 5) is 2.75. The summed E-state index contributed by atoms with van der Waals surface area (Å²) in [7, 11) is 0. The molecule has 1 heterocycles. The molecule has 1 aliphatic carbocycles. The fourth-order valence-corrected chi connectivity index (χ4v) is 3.54. The molecule has 2 aliphatic rings. The lowest BCUT2D eigenvalue weighted by atomic mass is 9.77. The standard InChI is InChI=1S/C14H28N2/c1-14(2,10-15)11-16-9-5-7-12-6-3-4-8-13(12)16/h12-13H,3-11,15H2,1-2H3. The topological polar surface area (TPSA) is 29.3 Å². The van der Waals surface area contributed by atoms with Crippen LogP contribution in [-0.4, -0.2) is 30.6 Å². The molecule has 0 aromatic heterocycles. The maximum Gasteiger partial charge on any atom is 0.0124 e. The average Bonchev–Trinajstić information content (AvgIpc) is 2.29. The van der Waals surface area contributed by atoms with Gasteiger partial charge in [0, 0.05) is 12.6 Å². The summed E-state index contributed by atoms with van der Waals surface area (Å²) < 4.78 is 0. The summed E-state index contributed by atoms with van der Waals surface area (Å²) in [6.45, 7) is 7.93. The third-order valence-corrected chi connectivity index (χ3v) is 4.54. The Kier molecular flexibility index (Phi) is 3.91. The average molecular weight is 224 g/mol. The molecule has 2 nitrogen and oxygen atoms in total. The van der Waals surface area contributed by atoms with Crippen LogP contribution in [0.15, 0.2) is 0 Å². The summed E-state index contributed by atoms with van der Waals surface area (Å²) in [5, 5.41) is 0. The van der Waals surface area contributed by atoms with Crippen molar-refractivity contribution < 1.29 is 0 Å². The first-order valence-electron chi connectivity index (χ1n) is 7.06. The van der Waals surface area contributed by atoms with E-state index >= 15 is 0 Å². The zero-order chi connectivity index (χ0) is 11.6. The first kappa shape index (κ1) is 12.4. The Morgan fingerprint density at radius 2 is 1.81 bits per heavy atom. The van der Waals surface area contributed by atoms with Gasteiger partial charge in [0.25, 0.3) is 0 Å². The molecule has 94 valence electrons. The third kappa shape index (κ3) is 2.78. The quantitative estimate of drug-likeness (QED) is 0.798. The fraction of sp³-hybridized carbons (Fsp3) is 1.00. The smallest absolute Gasteiger partial charge is 0.0124 e. The van der Waals surface area contributed by atoms with E-state index in [0.717, 1.165) is 18.5 Å². The zero-order valence-corrected chi connectivity index (χ0v) is 11.0. The zero-order valence-electron chi connectivity index (χ0n) is 11.0. The van der Waals surface area contributed by atoms with Gasteiger partial charge in [-0.25, -0.2) is 0 Å². The molecule has 1 saturated heterocycles. The van der Waals surface area contributed by atoms with Crippen molar-refractivity contribution in [3.63, 3.8) is 0 Å². The second kappa shape index (κ2) is 5.05. The molecule has 0 aromatic rings. The van der Waals surface area contributed by atoms with Gasteiger partial charge in [-0.05, 0) is 50.1 Å². The Balaban J connectivity index is 1.97. The molecule has 1 saturated carbocycles. The lowest BCUT2D eigenvalue weighted by Crippen LogP contribution is -2.51. The Labute approximate surface area is 101 Å². The monoisotopic (exact) mass is 224 g/mol. The van der Waals surface area contributed by atoms with E-state index in [9.17, 15) is 0 Å². The van der Waals surface area contributed by atoms with E-state index in [1.54, 1.807) is 0 Å². The molecule has 0 bridgehead atoms. The summed E-state index contributed by atoms with van der Waals surface area (Å²) in [5.74, 6) is 0.996. The van der Waals surface area contributed by atoms with Crippen molar-refractivity contribution in [1.82, 2.24) is 4.90 Å². The highest BCUT2D eigenvalue weighted by Gasteiger charge is 2.35. The van der Waals surface area contributed by atoms with Gasteiger partial charge >= 0.3 is 0 Å². The predicted molar refractivity (Wildman–Crippen MR) is 69.4 cm³/mol. The van der Waals surface area contributed by atoms with Crippen LogP contribution in [0.2, 0.25) is 0 Å². The molecule has 2 rings (SSSR count). The van der Waals surface area contributed by atoms with E-state index in [1.807, 2.05) is 0 Å². The molecule has 0 radical (unpaired) electrons. The van der Waals surface area contributed by atoms with E-state index in [4.69, 9.17) is 5.73 Å². The lowest BCUT2D eigenvalue weighted by molar-refractivity contribution is 0.0339. The second-order valence-electron chi connectivity index (χ2n) is 6.59.